The summed E-state index contributed by atoms with van der Waals surface area (Å²) in [7, 11) is 1.93. The van der Waals surface area contributed by atoms with Gasteiger partial charge >= 0.3 is 0 Å². The molecule has 2 heterocycles. The molecule has 5 nitrogen and oxygen atoms in total. The van der Waals surface area contributed by atoms with Crippen LogP contribution in [0.2, 0.25) is 0 Å². The van der Waals surface area contributed by atoms with Gasteiger partial charge in [-0.15, -0.1) is 11.3 Å². The van der Waals surface area contributed by atoms with Gasteiger partial charge < -0.3 is 15.5 Å². The zero-order valence-corrected chi connectivity index (χ0v) is 13.4. The molecule has 0 radical (unpaired) electrons. The standard InChI is InChI=1S/C15H23N3O2S/c1-11(19)17-13(14-6-4-8-21-14)9-15(20)18-7-3-5-12(10-18)16-2/h4,6,8,12-13,16H,3,5,7,9-10H2,1-2H3,(H,17,19). The van der Waals surface area contributed by atoms with Gasteiger partial charge in [-0.2, -0.15) is 0 Å². The second kappa shape index (κ2) is 7.56. The van der Waals surface area contributed by atoms with Gasteiger partial charge in [0.15, 0.2) is 0 Å². The van der Waals surface area contributed by atoms with E-state index in [0.29, 0.717) is 12.5 Å². The van der Waals surface area contributed by atoms with Gasteiger partial charge in [-0.3, -0.25) is 9.59 Å². The highest BCUT2D eigenvalue weighted by Crippen LogP contribution is 2.23. The highest BCUT2D eigenvalue weighted by Gasteiger charge is 2.26. The third kappa shape index (κ3) is 4.54. The molecule has 0 aromatic carbocycles. The molecule has 116 valence electrons. The summed E-state index contributed by atoms with van der Waals surface area (Å²) in [5, 5.41) is 8.09. The average Bonchev–Trinajstić information content (AvgIpc) is 3.00. The SMILES string of the molecule is CNC1CCCN(C(=O)CC(NC(C)=O)c2cccs2)C1. The van der Waals surface area contributed by atoms with Crippen LogP contribution in [0.4, 0.5) is 0 Å². The van der Waals surface area contributed by atoms with E-state index in [1.54, 1.807) is 11.3 Å². The summed E-state index contributed by atoms with van der Waals surface area (Å²) in [5.74, 6) is 0.00930. The second-order valence-corrected chi connectivity index (χ2v) is 6.42. The Labute approximate surface area is 129 Å². The highest BCUT2D eigenvalue weighted by atomic mass is 32.1. The fourth-order valence-electron chi connectivity index (χ4n) is 2.70. The number of hydrogen-bond donors (Lipinski definition) is 2. The molecule has 1 saturated heterocycles. The molecule has 0 saturated carbocycles. The van der Waals surface area contributed by atoms with Gasteiger partial charge in [0.2, 0.25) is 11.8 Å². The Morgan fingerprint density at radius 3 is 2.95 bits per heavy atom. The first-order valence-corrected chi connectivity index (χ1v) is 8.23. The van der Waals surface area contributed by atoms with Gasteiger partial charge in [0.1, 0.15) is 0 Å². The van der Waals surface area contributed by atoms with Crippen LogP contribution in [-0.2, 0) is 9.59 Å². The van der Waals surface area contributed by atoms with Crippen molar-refractivity contribution in [3.05, 3.63) is 22.4 Å². The van der Waals surface area contributed by atoms with E-state index in [-0.39, 0.29) is 17.9 Å². The molecule has 2 N–H and O–H groups in total. The lowest BCUT2D eigenvalue weighted by atomic mass is 10.0. The van der Waals surface area contributed by atoms with Crippen molar-refractivity contribution in [1.29, 1.82) is 0 Å². The first-order valence-electron chi connectivity index (χ1n) is 7.35. The normalized spacial score (nSPS) is 20.1. The summed E-state index contributed by atoms with van der Waals surface area (Å²) in [6.45, 7) is 3.06. The summed E-state index contributed by atoms with van der Waals surface area (Å²) in [5.41, 5.74) is 0. The monoisotopic (exact) mass is 309 g/mol. The summed E-state index contributed by atoms with van der Waals surface area (Å²) in [6, 6.07) is 4.07. The zero-order valence-electron chi connectivity index (χ0n) is 12.6. The predicted octanol–water partition coefficient (Wildman–Crippen LogP) is 1.53. The van der Waals surface area contributed by atoms with Crippen LogP contribution < -0.4 is 10.6 Å². The molecule has 21 heavy (non-hydrogen) atoms. The number of rotatable bonds is 5. The first kappa shape index (κ1) is 16.0. The van der Waals surface area contributed by atoms with Crippen LogP contribution in [0.15, 0.2) is 17.5 Å². The smallest absolute Gasteiger partial charge is 0.225 e. The lowest BCUT2D eigenvalue weighted by Gasteiger charge is -2.33. The van der Waals surface area contributed by atoms with E-state index in [2.05, 4.69) is 10.6 Å². The number of hydrogen-bond acceptors (Lipinski definition) is 4. The van der Waals surface area contributed by atoms with Gasteiger partial charge in [0, 0.05) is 30.9 Å². The third-order valence-electron chi connectivity index (χ3n) is 3.83. The number of carbonyl (C=O) groups excluding carboxylic acids is 2. The Kier molecular flexibility index (Phi) is 5.76. The number of nitrogens with one attached hydrogen (secondary N) is 2. The van der Waals surface area contributed by atoms with Crippen LogP contribution in [0.25, 0.3) is 0 Å². The number of likely N-dealkylation sites (tertiary alicyclic amines) is 1. The average molecular weight is 309 g/mol. The second-order valence-electron chi connectivity index (χ2n) is 5.44. The van der Waals surface area contributed by atoms with Gasteiger partial charge in [-0.25, -0.2) is 0 Å². The molecule has 2 amide bonds. The lowest BCUT2D eigenvalue weighted by molar-refractivity contribution is -0.133. The van der Waals surface area contributed by atoms with Crippen molar-refractivity contribution in [3.8, 4) is 0 Å². The quantitative estimate of drug-likeness (QED) is 0.867. The van der Waals surface area contributed by atoms with Crippen molar-refractivity contribution in [3.63, 3.8) is 0 Å². The Bertz CT molecular complexity index is 475. The summed E-state index contributed by atoms with van der Waals surface area (Å²) < 4.78 is 0. The van der Waals surface area contributed by atoms with Crippen LogP contribution in [-0.4, -0.2) is 42.9 Å². The highest BCUT2D eigenvalue weighted by molar-refractivity contribution is 7.10. The summed E-state index contributed by atoms with van der Waals surface area (Å²) in [4.78, 5) is 26.8. The molecule has 1 fully saturated rings. The minimum absolute atomic E-state index is 0.104. The van der Waals surface area contributed by atoms with E-state index in [0.717, 1.165) is 30.8 Å². The van der Waals surface area contributed by atoms with E-state index in [4.69, 9.17) is 0 Å². The molecule has 2 unspecified atom stereocenters. The van der Waals surface area contributed by atoms with Crippen LogP contribution in [0, 0.1) is 0 Å². The Morgan fingerprint density at radius 2 is 2.33 bits per heavy atom. The number of amides is 2. The van der Waals surface area contributed by atoms with E-state index in [1.165, 1.54) is 6.92 Å². The fraction of sp³-hybridized carbons (Fsp3) is 0.600. The molecule has 0 bridgehead atoms. The third-order valence-corrected chi connectivity index (χ3v) is 4.81. The summed E-state index contributed by atoms with van der Waals surface area (Å²) in [6.07, 6.45) is 2.47. The minimum Gasteiger partial charge on any atom is -0.348 e. The Morgan fingerprint density at radius 1 is 1.52 bits per heavy atom. The number of thiophene rings is 1. The molecule has 2 rings (SSSR count). The van der Waals surface area contributed by atoms with Crippen molar-refractivity contribution in [2.24, 2.45) is 0 Å². The molecule has 0 aliphatic carbocycles. The minimum atomic E-state index is -0.218. The van der Waals surface area contributed by atoms with Gasteiger partial charge in [0.25, 0.3) is 0 Å². The van der Waals surface area contributed by atoms with E-state index in [1.807, 2.05) is 29.5 Å². The van der Waals surface area contributed by atoms with Crippen LogP contribution in [0.3, 0.4) is 0 Å². The lowest BCUT2D eigenvalue weighted by Crippen LogP contribution is -2.47. The van der Waals surface area contributed by atoms with Gasteiger partial charge in [-0.1, -0.05) is 6.07 Å². The largest absolute Gasteiger partial charge is 0.348 e. The fourth-order valence-corrected chi connectivity index (χ4v) is 3.48. The van der Waals surface area contributed by atoms with Crippen molar-refractivity contribution in [1.82, 2.24) is 15.5 Å². The van der Waals surface area contributed by atoms with Crippen LogP contribution >= 0.6 is 11.3 Å². The van der Waals surface area contributed by atoms with E-state index in [9.17, 15) is 9.59 Å². The number of nitrogens with zero attached hydrogens (tertiary/aromatic N) is 1. The Balaban J connectivity index is 1.99. The van der Waals surface area contributed by atoms with E-state index >= 15 is 0 Å². The number of likely N-dealkylation sites (N-methyl/N-ethyl adjacent to an activating group) is 1. The maximum atomic E-state index is 12.5. The molecular formula is C15H23N3O2S. The van der Waals surface area contributed by atoms with Gasteiger partial charge in [-0.05, 0) is 31.3 Å². The van der Waals surface area contributed by atoms with Crippen molar-refractivity contribution >= 4 is 23.2 Å². The van der Waals surface area contributed by atoms with Crippen molar-refractivity contribution in [2.75, 3.05) is 20.1 Å². The van der Waals surface area contributed by atoms with Crippen LogP contribution in [0.5, 0.6) is 0 Å². The van der Waals surface area contributed by atoms with Crippen molar-refractivity contribution < 1.29 is 9.59 Å². The first-order chi connectivity index (χ1) is 10.1. The molecule has 2 atom stereocenters. The summed E-state index contributed by atoms with van der Waals surface area (Å²) >= 11 is 1.57. The number of piperidine rings is 1. The number of carbonyl (C=O) groups is 2. The zero-order chi connectivity index (χ0) is 15.2. The van der Waals surface area contributed by atoms with E-state index < -0.39 is 0 Å². The maximum Gasteiger partial charge on any atom is 0.225 e. The maximum absolute atomic E-state index is 12.5. The topological polar surface area (TPSA) is 61.4 Å². The molecular weight excluding hydrogens is 286 g/mol. The Hall–Kier alpha value is -1.40. The molecule has 6 heteroatoms. The molecule has 1 aliphatic heterocycles. The molecule has 1 aromatic rings. The molecule has 1 aromatic heterocycles. The molecule has 0 spiro atoms. The van der Waals surface area contributed by atoms with Crippen LogP contribution in [0.1, 0.15) is 37.1 Å². The van der Waals surface area contributed by atoms with Gasteiger partial charge in [0.05, 0.1) is 12.5 Å². The predicted molar refractivity (Wildman–Crippen MR) is 84.2 cm³/mol. The molecule has 1 aliphatic rings. The van der Waals surface area contributed by atoms with Crippen molar-refractivity contribution in [2.45, 2.75) is 38.3 Å².